The summed E-state index contributed by atoms with van der Waals surface area (Å²) in [7, 11) is 0. The molecule has 5 heteroatoms. The van der Waals surface area contributed by atoms with Gasteiger partial charge in [0.05, 0.1) is 6.21 Å². The molecule has 2 N–H and O–H groups in total. The Morgan fingerprint density at radius 1 is 1.04 bits per heavy atom. The van der Waals surface area contributed by atoms with Crippen LogP contribution >= 0.6 is 0 Å². The Hall–Kier alpha value is -3.21. The zero-order chi connectivity index (χ0) is 16.2. The van der Waals surface area contributed by atoms with Gasteiger partial charge in [0, 0.05) is 11.1 Å². The smallest absolute Gasteiger partial charge is 0.271 e. The van der Waals surface area contributed by atoms with Gasteiger partial charge in [0.1, 0.15) is 11.6 Å². The van der Waals surface area contributed by atoms with Crippen molar-refractivity contribution in [2.24, 2.45) is 5.10 Å². The molecule has 0 aromatic heterocycles. The Labute approximate surface area is 131 Å². The van der Waals surface area contributed by atoms with Gasteiger partial charge in [-0.2, -0.15) is 5.10 Å². The van der Waals surface area contributed by atoms with Gasteiger partial charge >= 0.3 is 0 Å². The van der Waals surface area contributed by atoms with E-state index in [4.69, 9.17) is 0 Å². The molecule has 1 amide bonds. The summed E-state index contributed by atoms with van der Waals surface area (Å²) in [5.41, 5.74) is 3.17. The molecule has 0 unspecified atom stereocenters. The number of hydrogen-bond acceptors (Lipinski definition) is 3. The van der Waals surface area contributed by atoms with Crippen LogP contribution in [0.5, 0.6) is 5.75 Å². The normalized spacial score (nSPS) is 11.0. The molecule has 0 fully saturated rings. The molecule has 0 spiro atoms. The van der Waals surface area contributed by atoms with Crippen molar-refractivity contribution in [1.29, 1.82) is 0 Å². The van der Waals surface area contributed by atoms with E-state index < -0.39 is 11.7 Å². The van der Waals surface area contributed by atoms with Gasteiger partial charge in [-0.1, -0.05) is 30.3 Å². The molecule has 0 aliphatic heterocycles. The monoisotopic (exact) mass is 308 g/mol. The van der Waals surface area contributed by atoms with Gasteiger partial charge in [-0.3, -0.25) is 4.79 Å². The molecule has 3 aromatic rings. The number of benzene rings is 3. The van der Waals surface area contributed by atoms with Crippen LogP contribution in [-0.2, 0) is 0 Å². The molecule has 3 aromatic carbocycles. The molecule has 23 heavy (non-hydrogen) atoms. The zero-order valence-corrected chi connectivity index (χ0v) is 12.0. The Morgan fingerprint density at radius 3 is 2.57 bits per heavy atom. The van der Waals surface area contributed by atoms with Crippen LogP contribution in [0.3, 0.4) is 0 Å². The van der Waals surface area contributed by atoms with E-state index in [1.165, 1.54) is 30.5 Å². The van der Waals surface area contributed by atoms with Crippen molar-refractivity contribution < 1.29 is 14.3 Å². The molecular weight excluding hydrogens is 295 g/mol. The van der Waals surface area contributed by atoms with Crippen molar-refractivity contribution in [2.45, 2.75) is 0 Å². The number of hydrazone groups is 1. The number of amides is 1. The molecule has 0 bridgehead atoms. The Bertz CT molecular complexity index is 889. The number of hydrogen-bond donors (Lipinski definition) is 2. The van der Waals surface area contributed by atoms with Gasteiger partial charge < -0.3 is 5.11 Å². The van der Waals surface area contributed by atoms with Crippen molar-refractivity contribution in [3.63, 3.8) is 0 Å². The number of fused-ring (bicyclic) bond motifs is 1. The average molecular weight is 308 g/mol. The van der Waals surface area contributed by atoms with Crippen LogP contribution in [0.2, 0.25) is 0 Å². The van der Waals surface area contributed by atoms with Crippen LogP contribution in [0.1, 0.15) is 15.9 Å². The SMILES string of the molecule is O=C(N/N=C\c1c(O)ccc2ccccc12)c1ccc(F)cc1. The number of phenolic OH excluding ortho intramolecular Hbond substituents is 1. The lowest BCUT2D eigenvalue weighted by Gasteiger charge is -2.05. The lowest BCUT2D eigenvalue weighted by molar-refractivity contribution is 0.0955. The van der Waals surface area contributed by atoms with Crippen LogP contribution in [0, 0.1) is 5.82 Å². The van der Waals surface area contributed by atoms with Crippen LogP contribution in [-0.4, -0.2) is 17.2 Å². The van der Waals surface area contributed by atoms with Gasteiger partial charge in [0.15, 0.2) is 0 Å². The molecule has 0 aliphatic rings. The quantitative estimate of drug-likeness (QED) is 0.575. The average Bonchev–Trinajstić information content (AvgIpc) is 2.57. The second kappa shape index (κ2) is 6.27. The third-order valence-electron chi connectivity index (χ3n) is 3.41. The van der Waals surface area contributed by atoms with E-state index in [1.807, 2.05) is 24.3 Å². The highest BCUT2D eigenvalue weighted by atomic mass is 19.1. The minimum atomic E-state index is -0.457. The first-order valence-corrected chi connectivity index (χ1v) is 6.95. The number of phenols is 1. The highest BCUT2D eigenvalue weighted by molar-refractivity contribution is 6.03. The van der Waals surface area contributed by atoms with Crippen molar-refractivity contribution in [3.8, 4) is 5.75 Å². The number of aromatic hydroxyl groups is 1. The van der Waals surface area contributed by atoms with Crippen LogP contribution in [0.15, 0.2) is 65.8 Å². The molecular formula is C18H13FN2O2. The molecule has 0 heterocycles. The first-order chi connectivity index (χ1) is 11.1. The van der Waals surface area contributed by atoms with Crippen molar-refractivity contribution in [3.05, 3.63) is 77.6 Å². The standard InChI is InChI=1S/C18H13FN2O2/c19-14-8-5-13(6-9-14)18(23)21-20-11-16-15-4-2-1-3-12(15)7-10-17(16)22/h1-11,22H,(H,21,23)/b20-11-. The third-order valence-corrected chi connectivity index (χ3v) is 3.41. The summed E-state index contributed by atoms with van der Waals surface area (Å²) in [5.74, 6) is -0.796. The highest BCUT2D eigenvalue weighted by Gasteiger charge is 2.06. The summed E-state index contributed by atoms with van der Waals surface area (Å²) in [6.45, 7) is 0. The van der Waals surface area contributed by atoms with E-state index in [-0.39, 0.29) is 5.75 Å². The fraction of sp³-hybridized carbons (Fsp3) is 0. The first kappa shape index (κ1) is 14.7. The van der Waals surface area contributed by atoms with E-state index in [0.717, 1.165) is 10.8 Å². The van der Waals surface area contributed by atoms with Crippen molar-refractivity contribution >= 4 is 22.9 Å². The predicted octanol–water partition coefficient (Wildman–Crippen LogP) is 3.45. The van der Waals surface area contributed by atoms with E-state index in [0.29, 0.717) is 11.1 Å². The molecule has 0 saturated heterocycles. The topological polar surface area (TPSA) is 61.7 Å². The molecule has 0 aliphatic carbocycles. The van der Waals surface area contributed by atoms with E-state index in [2.05, 4.69) is 10.5 Å². The number of nitrogens with zero attached hydrogens (tertiary/aromatic N) is 1. The van der Waals surface area contributed by atoms with Crippen LogP contribution < -0.4 is 5.43 Å². The van der Waals surface area contributed by atoms with E-state index in [9.17, 15) is 14.3 Å². The zero-order valence-electron chi connectivity index (χ0n) is 12.0. The molecule has 4 nitrogen and oxygen atoms in total. The Morgan fingerprint density at radius 2 is 1.78 bits per heavy atom. The Balaban J connectivity index is 1.82. The summed E-state index contributed by atoms with van der Waals surface area (Å²) in [6.07, 6.45) is 1.39. The molecule has 0 radical (unpaired) electrons. The summed E-state index contributed by atoms with van der Waals surface area (Å²) in [4.78, 5) is 11.9. The lowest BCUT2D eigenvalue weighted by Crippen LogP contribution is -2.17. The maximum Gasteiger partial charge on any atom is 0.271 e. The number of halogens is 1. The van der Waals surface area contributed by atoms with Crippen LogP contribution in [0.4, 0.5) is 4.39 Å². The highest BCUT2D eigenvalue weighted by Crippen LogP contribution is 2.25. The van der Waals surface area contributed by atoms with Gasteiger partial charge in [-0.15, -0.1) is 0 Å². The predicted molar refractivity (Wildman–Crippen MR) is 87.1 cm³/mol. The molecule has 114 valence electrons. The fourth-order valence-corrected chi connectivity index (χ4v) is 2.24. The maximum absolute atomic E-state index is 12.8. The van der Waals surface area contributed by atoms with Crippen LogP contribution in [0.25, 0.3) is 10.8 Å². The molecule has 0 saturated carbocycles. The number of carbonyl (C=O) groups excluding carboxylic acids is 1. The molecule has 3 rings (SSSR count). The largest absolute Gasteiger partial charge is 0.507 e. The third kappa shape index (κ3) is 3.18. The summed E-state index contributed by atoms with van der Waals surface area (Å²) < 4.78 is 12.8. The summed E-state index contributed by atoms with van der Waals surface area (Å²) in [6, 6.07) is 16.1. The first-order valence-electron chi connectivity index (χ1n) is 6.95. The van der Waals surface area contributed by atoms with Gasteiger partial charge in [0.2, 0.25) is 0 Å². The number of rotatable bonds is 3. The van der Waals surface area contributed by atoms with Crippen molar-refractivity contribution in [2.75, 3.05) is 0 Å². The summed E-state index contributed by atoms with van der Waals surface area (Å²) >= 11 is 0. The Kier molecular flexibility index (Phi) is 4.01. The number of nitrogens with one attached hydrogen (secondary N) is 1. The fourth-order valence-electron chi connectivity index (χ4n) is 2.24. The second-order valence-corrected chi connectivity index (χ2v) is 4.93. The van der Waals surface area contributed by atoms with Crippen molar-refractivity contribution in [1.82, 2.24) is 5.43 Å². The second-order valence-electron chi connectivity index (χ2n) is 4.93. The van der Waals surface area contributed by atoms with Gasteiger partial charge in [-0.25, -0.2) is 9.82 Å². The minimum absolute atomic E-state index is 0.0727. The summed E-state index contributed by atoms with van der Waals surface area (Å²) in [5, 5.41) is 15.6. The minimum Gasteiger partial charge on any atom is -0.507 e. The molecule has 0 atom stereocenters. The number of carbonyl (C=O) groups is 1. The maximum atomic E-state index is 12.8. The van der Waals surface area contributed by atoms with Gasteiger partial charge in [0.25, 0.3) is 5.91 Å². The lowest BCUT2D eigenvalue weighted by atomic mass is 10.0. The van der Waals surface area contributed by atoms with Gasteiger partial charge in [-0.05, 0) is 41.1 Å². The van der Waals surface area contributed by atoms with E-state index >= 15 is 0 Å². The van der Waals surface area contributed by atoms with E-state index in [1.54, 1.807) is 12.1 Å².